The number of rotatable bonds is 5. The van der Waals surface area contributed by atoms with Crippen molar-refractivity contribution in [2.24, 2.45) is 4.99 Å². The molecule has 17 heavy (non-hydrogen) atoms. The van der Waals surface area contributed by atoms with Gasteiger partial charge in [0.1, 0.15) is 18.2 Å². The maximum atomic E-state index is 5.89. The average molecular weight is 275 g/mol. The van der Waals surface area contributed by atoms with Gasteiger partial charge in [-0.15, -0.1) is 0 Å². The van der Waals surface area contributed by atoms with Crippen LogP contribution in [0.2, 0.25) is 10.0 Å². The van der Waals surface area contributed by atoms with Crippen molar-refractivity contribution in [3.63, 3.8) is 0 Å². The molecule has 1 aromatic rings. The number of amidine groups is 1. The molecule has 0 atom stereocenters. The van der Waals surface area contributed by atoms with E-state index in [-0.39, 0.29) is 0 Å². The zero-order valence-electron chi connectivity index (χ0n) is 9.96. The standard InChI is InChI=1S/C12H16Cl2N2O/c1-3-15-12(16-4-2)8-17-9-5-6-10(13)11(14)7-9/h5-7H,3-4,8H2,1-2H3,(H,15,16). The van der Waals surface area contributed by atoms with E-state index in [9.17, 15) is 0 Å². The van der Waals surface area contributed by atoms with E-state index in [2.05, 4.69) is 10.3 Å². The molecule has 0 saturated carbocycles. The van der Waals surface area contributed by atoms with Gasteiger partial charge in [0, 0.05) is 19.2 Å². The second-order valence-corrected chi connectivity index (χ2v) is 4.13. The molecule has 0 aliphatic heterocycles. The van der Waals surface area contributed by atoms with Crippen LogP contribution in [0, 0.1) is 0 Å². The van der Waals surface area contributed by atoms with Crippen molar-refractivity contribution in [1.82, 2.24) is 5.32 Å². The number of hydrogen-bond acceptors (Lipinski definition) is 2. The second-order valence-electron chi connectivity index (χ2n) is 3.32. The highest BCUT2D eigenvalue weighted by atomic mass is 35.5. The van der Waals surface area contributed by atoms with Crippen molar-refractivity contribution in [1.29, 1.82) is 0 Å². The molecule has 1 rings (SSSR count). The molecule has 0 amide bonds. The van der Waals surface area contributed by atoms with Gasteiger partial charge in [0.2, 0.25) is 0 Å². The third-order valence-electron chi connectivity index (χ3n) is 2.00. The largest absolute Gasteiger partial charge is 0.486 e. The third-order valence-corrected chi connectivity index (χ3v) is 2.74. The summed E-state index contributed by atoms with van der Waals surface area (Å²) in [5, 5.41) is 4.15. The average Bonchev–Trinajstić information content (AvgIpc) is 2.31. The molecule has 0 radical (unpaired) electrons. The van der Waals surface area contributed by atoms with E-state index >= 15 is 0 Å². The summed E-state index contributed by atoms with van der Waals surface area (Å²) in [6.07, 6.45) is 0. The van der Waals surface area contributed by atoms with Crippen molar-refractivity contribution < 1.29 is 4.74 Å². The number of halogens is 2. The molecule has 3 nitrogen and oxygen atoms in total. The topological polar surface area (TPSA) is 33.6 Å². The lowest BCUT2D eigenvalue weighted by Gasteiger charge is -2.10. The van der Waals surface area contributed by atoms with E-state index in [0.717, 1.165) is 18.9 Å². The lowest BCUT2D eigenvalue weighted by atomic mass is 10.3. The number of hydrogen-bond donors (Lipinski definition) is 1. The maximum absolute atomic E-state index is 5.89. The fraction of sp³-hybridized carbons (Fsp3) is 0.417. The van der Waals surface area contributed by atoms with Gasteiger partial charge in [-0.05, 0) is 26.0 Å². The molecule has 0 spiro atoms. The number of aliphatic imine (C=N–C) groups is 1. The zero-order valence-corrected chi connectivity index (χ0v) is 11.5. The predicted molar refractivity (Wildman–Crippen MR) is 73.6 cm³/mol. The Bertz CT molecular complexity index is 394. The first-order chi connectivity index (χ1) is 8.17. The number of likely N-dealkylation sites (N-methyl/N-ethyl adjacent to an activating group) is 1. The quantitative estimate of drug-likeness (QED) is 0.660. The SMILES string of the molecule is CCN=C(COc1ccc(Cl)c(Cl)c1)NCC. The Morgan fingerprint density at radius 1 is 1.29 bits per heavy atom. The van der Waals surface area contributed by atoms with Gasteiger partial charge in [-0.2, -0.15) is 0 Å². The number of nitrogens with zero attached hydrogens (tertiary/aromatic N) is 1. The van der Waals surface area contributed by atoms with Crippen molar-refractivity contribution in [3.05, 3.63) is 28.2 Å². The van der Waals surface area contributed by atoms with E-state index in [1.165, 1.54) is 0 Å². The molecule has 1 aromatic carbocycles. The fourth-order valence-electron chi connectivity index (χ4n) is 1.27. The summed E-state index contributed by atoms with van der Waals surface area (Å²) in [6, 6.07) is 5.19. The number of nitrogens with one attached hydrogen (secondary N) is 1. The minimum Gasteiger partial charge on any atom is -0.486 e. The van der Waals surface area contributed by atoms with Gasteiger partial charge in [0.25, 0.3) is 0 Å². The monoisotopic (exact) mass is 274 g/mol. The van der Waals surface area contributed by atoms with E-state index in [1.54, 1.807) is 18.2 Å². The van der Waals surface area contributed by atoms with Crippen LogP contribution in [0.25, 0.3) is 0 Å². The van der Waals surface area contributed by atoms with Gasteiger partial charge in [0.05, 0.1) is 10.0 Å². The smallest absolute Gasteiger partial charge is 0.145 e. The van der Waals surface area contributed by atoms with Crippen LogP contribution in [-0.4, -0.2) is 25.5 Å². The van der Waals surface area contributed by atoms with E-state index < -0.39 is 0 Å². The predicted octanol–water partition coefficient (Wildman–Crippen LogP) is 3.40. The lowest BCUT2D eigenvalue weighted by molar-refractivity contribution is 0.372. The van der Waals surface area contributed by atoms with Gasteiger partial charge in [-0.3, -0.25) is 4.99 Å². The van der Waals surface area contributed by atoms with Crippen molar-refractivity contribution in [2.75, 3.05) is 19.7 Å². The number of benzene rings is 1. The molecule has 94 valence electrons. The van der Waals surface area contributed by atoms with Crippen LogP contribution in [0.3, 0.4) is 0 Å². The molecule has 0 bridgehead atoms. The van der Waals surface area contributed by atoms with Crippen LogP contribution in [0.15, 0.2) is 23.2 Å². The van der Waals surface area contributed by atoms with Gasteiger partial charge >= 0.3 is 0 Å². The highest BCUT2D eigenvalue weighted by Gasteiger charge is 2.02. The third kappa shape index (κ3) is 4.84. The Labute approximate surface area is 112 Å². The molecule has 5 heteroatoms. The fourth-order valence-corrected chi connectivity index (χ4v) is 1.55. The van der Waals surface area contributed by atoms with E-state index in [0.29, 0.717) is 22.4 Å². The summed E-state index contributed by atoms with van der Waals surface area (Å²) in [5.74, 6) is 1.52. The van der Waals surface area contributed by atoms with Crippen LogP contribution in [0.5, 0.6) is 5.75 Å². The summed E-state index contributed by atoms with van der Waals surface area (Å²) in [6.45, 7) is 5.96. The molecule has 0 fully saturated rings. The first-order valence-corrected chi connectivity index (χ1v) is 6.28. The summed E-state index contributed by atoms with van der Waals surface area (Å²) < 4.78 is 5.57. The Kier molecular flexibility index (Phi) is 6.16. The molecule has 0 aliphatic carbocycles. The van der Waals surface area contributed by atoms with Gasteiger partial charge in [0.15, 0.2) is 0 Å². The zero-order chi connectivity index (χ0) is 12.7. The van der Waals surface area contributed by atoms with Crippen LogP contribution >= 0.6 is 23.2 Å². The Balaban J connectivity index is 2.59. The minimum atomic E-state index is 0.402. The van der Waals surface area contributed by atoms with Crippen molar-refractivity contribution >= 4 is 29.0 Å². The van der Waals surface area contributed by atoms with E-state index in [1.807, 2.05) is 13.8 Å². The van der Waals surface area contributed by atoms with Crippen LogP contribution in [0.1, 0.15) is 13.8 Å². The second kappa shape index (κ2) is 7.41. The minimum absolute atomic E-state index is 0.402. The van der Waals surface area contributed by atoms with Gasteiger partial charge < -0.3 is 10.1 Å². The highest BCUT2D eigenvalue weighted by molar-refractivity contribution is 6.42. The molecular formula is C12H16Cl2N2O. The normalized spacial score (nSPS) is 11.4. The highest BCUT2D eigenvalue weighted by Crippen LogP contribution is 2.26. The van der Waals surface area contributed by atoms with Crippen molar-refractivity contribution in [3.8, 4) is 5.75 Å². The molecular weight excluding hydrogens is 259 g/mol. The molecule has 0 unspecified atom stereocenters. The van der Waals surface area contributed by atoms with Crippen LogP contribution < -0.4 is 10.1 Å². The number of ether oxygens (including phenoxy) is 1. The van der Waals surface area contributed by atoms with Crippen LogP contribution in [-0.2, 0) is 0 Å². The summed E-state index contributed by atoms with van der Waals surface area (Å²) in [7, 11) is 0. The van der Waals surface area contributed by atoms with Gasteiger partial charge in [-0.1, -0.05) is 23.2 Å². The maximum Gasteiger partial charge on any atom is 0.145 e. The summed E-state index contributed by atoms with van der Waals surface area (Å²) in [4.78, 5) is 4.29. The summed E-state index contributed by atoms with van der Waals surface area (Å²) >= 11 is 11.7. The first kappa shape index (κ1) is 14.1. The lowest BCUT2D eigenvalue weighted by Crippen LogP contribution is -2.29. The Morgan fingerprint density at radius 3 is 2.65 bits per heavy atom. The molecule has 0 saturated heterocycles. The van der Waals surface area contributed by atoms with Crippen molar-refractivity contribution in [2.45, 2.75) is 13.8 Å². The molecule has 0 aliphatic rings. The molecule has 0 aromatic heterocycles. The first-order valence-electron chi connectivity index (χ1n) is 5.52. The molecule has 1 N–H and O–H groups in total. The summed E-state index contributed by atoms with van der Waals surface area (Å²) in [5.41, 5.74) is 0. The van der Waals surface area contributed by atoms with Gasteiger partial charge in [-0.25, -0.2) is 0 Å². The van der Waals surface area contributed by atoms with E-state index in [4.69, 9.17) is 27.9 Å². The Morgan fingerprint density at radius 2 is 2.06 bits per heavy atom. The van der Waals surface area contributed by atoms with Crippen LogP contribution in [0.4, 0.5) is 0 Å². The Hall–Kier alpha value is -0.930. The molecule has 0 heterocycles.